The molecular weight excluding hydrogens is 392 g/mol. The number of aliphatic hydroxyl groups is 1. The Balaban J connectivity index is 1.48. The highest BCUT2D eigenvalue weighted by Gasteiger charge is 2.41. The van der Waals surface area contributed by atoms with Crippen LogP contribution in [-0.4, -0.2) is 48.4 Å². The second-order valence-corrected chi connectivity index (χ2v) is 9.43. The van der Waals surface area contributed by atoms with E-state index in [2.05, 4.69) is 34.3 Å². The molecular formula is C24H30N4O3. The van der Waals surface area contributed by atoms with Crippen molar-refractivity contribution in [2.75, 3.05) is 6.54 Å². The number of carbonyl (C=O) groups excluding carboxylic acids is 1. The molecule has 1 fully saturated rings. The molecule has 1 aliphatic heterocycles. The Morgan fingerprint density at radius 3 is 2.52 bits per heavy atom. The monoisotopic (exact) mass is 422 g/mol. The van der Waals surface area contributed by atoms with E-state index >= 15 is 0 Å². The Bertz CT molecular complexity index is 1100. The summed E-state index contributed by atoms with van der Waals surface area (Å²) in [6, 6.07) is 12.1. The number of rotatable bonds is 5. The number of pyridine rings is 1. The van der Waals surface area contributed by atoms with Crippen molar-refractivity contribution in [3.63, 3.8) is 0 Å². The van der Waals surface area contributed by atoms with Gasteiger partial charge in [-0.3, -0.25) is 0 Å². The average molecular weight is 423 g/mol. The molecule has 31 heavy (non-hydrogen) atoms. The molecule has 0 radical (unpaired) electrons. The highest BCUT2D eigenvalue weighted by molar-refractivity contribution is 5.70. The zero-order valence-corrected chi connectivity index (χ0v) is 18.8. The number of ether oxygens (including phenoxy) is 1. The summed E-state index contributed by atoms with van der Waals surface area (Å²) in [4.78, 5) is 18.8. The van der Waals surface area contributed by atoms with E-state index in [4.69, 9.17) is 4.74 Å². The van der Waals surface area contributed by atoms with Crippen molar-refractivity contribution in [2.24, 2.45) is 0 Å². The molecule has 1 aromatic carbocycles. The van der Waals surface area contributed by atoms with Gasteiger partial charge in [0.2, 0.25) is 0 Å². The molecule has 4 rings (SSSR count). The van der Waals surface area contributed by atoms with E-state index in [-0.39, 0.29) is 12.1 Å². The molecule has 2 atom stereocenters. The summed E-state index contributed by atoms with van der Waals surface area (Å²) >= 11 is 0. The maximum absolute atomic E-state index is 12.7. The van der Waals surface area contributed by atoms with Crippen molar-refractivity contribution in [1.82, 2.24) is 19.5 Å². The standard InChI is InChI=1S/C24H30N4O3/c1-16(27-13-12-24(5,31-22(27)29)15-23(3,4)30)18-6-8-19(9-7-18)20-10-11-21-25-17(2)26-28(21)14-20/h6-11,14,16,30H,12-13,15H2,1-5H3. The topological polar surface area (TPSA) is 80.0 Å². The van der Waals surface area contributed by atoms with E-state index in [9.17, 15) is 9.90 Å². The Morgan fingerprint density at radius 2 is 1.87 bits per heavy atom. The molecule has 2 aromatic heterocycles. The first-order chi connectivity index (χ1) is 14.5. The van der Waals surface area contributed by atoms with Crippen LogP contribution < -0.4 is 0 Å². The van der Waals surface area contributed by atoms with Gasteiger partial charge in [0, 0.05) is 31.1 Å². The van der Waals surface area contributed by atoms with Crippen LogP contribution in [0.25, 0.3) is 16.8 Å². The fourth-order valence-electron chi connectivity index (χ4n) is 4.46. The SMILES string of the molecule is Cc1nc2ccc(-c3ccc(C(C)N4CCC(C)(CC(C)(C)O)OC4=O)cc3)cn2n1. The predicted octanol–water partition coefficient (Wildman–Crippen LogP) is 4.53. The number of aryl methyl sites for hydroxylation is 1. The van der Waals surface area contributed by atoms with E-state index in [0.717, 1.165) is 28.2 Å². The van der Waals surface area contributed by atoms with Crippen molar-refractivity contribution < 1.29 is 14.6 Å². The third kappa shape index (κ3) is 4.56. The molecule has 0 aliphatic carbocycles. The minimum atomic E-state index is -0.882. The van der Waals surface area contributed by atoms with Crippen molar-refractivity contribution in [3.8, 4) is 11.1 Å². The number of hydrogen-bond acceptors (Lipinski definition) is 5. The highest BCUT2D eigenvalue weighted by atomic mass is 16.6. The molecule has 3 aromatic rings. The molecule has 0 spiro atoms. The Morgan fingerprint density at radius 1 is 1.19 bits per heavy atom. The molecule has 3 heterocycles. The maximum atomic E-state index is 12.7. The quantitative estimate of drug-likeness (QED) is 0.654. The van der Waals surface area contributed by atoms with E-state index in [1.54, 1.807) is 23.3 Å². The van der Waals surface area contributed by atoms with Crippen LogP contribution >= 0.6 is 0 Å². The first kappa shape index (κ1) is 21.3. The van der Waals surface area contributed by atoms with Gasteiger partial charge in [-0.25, -0.2) is 14.3 Å². The van der Waals surface area contributed by atoms with Crippen LogP contribution in [0.4, 0.5) is 4.79 Å². The van der Waals surface area contributed by atoms with E-state index in [0.29, 0.717) is 19.4 Å². The van der Waals surface area contributed by atoms with Crippen molar-refractivity contribution in [3.05, 3.63) is 54.0 Å². The average Bonchev–Trinajstić information content (AvgIpc) is 3.05. The summed E-state index contributed by atoms with van der Waals surface area (Å²) in [7, 11) is 0. The first-order valence-corrected chi connectivity index (χ1v) is 10.7. The lowest BCUT2D eigenvalue weighted by atomic mass is 9.87. The molecule has 0 bridgehead atoms. The largest absolute Gasteiger partial charge is 0.443 e. The van der Waals surface area contributed by atoms with E-state index in [1.165, 1.54) is 0 Å². The van der Waals surface area contributed by atoms with Gasteiger partial charge in [0.05, 0.1) is 11.6 Å². The van der Waals surface area contributed by atoms with Gasteiger partial charge in [0.15, 0.2) is 5.65 Å². The Labute approximate surface area is 182 Å². The Hall–Kier alpha value is -2.93. The fourth-order valence-corrected chi connectivity index (χ4v) is 4.46. The third-order valence-electron chi connectivity index (χ3n) is 5.89. The number of nitrogens with zero attached hydrogens (tertiary/aromatic N) is 4. The predicted molar refractivity (Wildman–Crippen MR) is 119 cm³/mol. The van der Waals surface area contributed by atoms with Crippen LogP contribution in [0.1, 0.15) is 58.0 Å². The van der Waals surface area contributed by atoms with E-state index < -0.39 is 11.2 Å². The van der Waals surface area contributed by atoms with Crippen LogP contribution in [-0.2, 0) is 4.74 Å². The minimum Gasteiger partial charge on any atom is -0.443 e. The van der Waals surface area contributed by atoms with Gasteiger partial charge < -0.3 is 14.7 Å². The fraction of sp³-hybridized carbons (Fsp3) is 0.458. The third-order valence-corrected chi connectivity index (χ3v) is 5.89. The summed E-state index contributed by atoms with van der Waals surface area (Å²) in [6.07, 6.45) is 2.74. The van der Waals surface area contributed by atoms with Gasteiger partial charge in [-0.1, -0.05) is 24.3 Å². The molecule has 1 saturated heterocycles. The summed E-state index contributed by atoms with van der Waals surface area (Å²) in [5, 5.41) is 14.5. The van der Waals surface area contributed by atoms with Gasteiger partial charge in [-0.05, 0) is 57.9 Å². The normalized spacial score (nSPS) is 20.7. The molecule has 1 amide bonds. The Kier molecular flexibility index (Phi) is 5.25. The van der Waals surface area contributed by atoms with Gasteiger partial charge in [-0.15, -0.1) is 0 Å². The molecule has 1 aliphatic rings. The second kappa shape index (κ2) is 7.64. The van der Waals surface area contributed by atoms with Gasteiger partial charge in [0.1, 0.15) is 11.4 Å². The smallest absolute Gasteiger partial charge is 0.410 e. The molecule has 164 valence electrons. The van der Waals surface area contributed by atoms with Crippen LogP contribution in [0.15, 0.2) is 42.6 Å². The number of cyclic esters (lactones) is 1. The summed E-state index contributed by atoms with van der Waals surface area (Å²) in [6.45, 7) is 9.86. The number of amides is 1. The molecule has 7 nitrogen and oxygen atoms in total. The summed E-state index contributed by atoms with van der Waals surface area (Å²) in [5.74, 6) is 0.744. The molecule has 2 unspecified atom stereocenters. The number of hydrogen-bond donors (Lipinski definition) is 1. The zero-order valence-electron chi connectivity index (χ0n) is 18.8. The number of benzene rings is 1. The number of fused-ring (bicyclic) bond motifs is 1. The molecule has 0 saturated carbocycles. The van der Waals surface area contributed by atoms with Crippen LogP contribution in [0.3, 0.4) is 0 Å². The maximum Gasteiger partial charge on any atom is 0.410 e. The van der Waals surface area contributed by atoms with Crippen LogP contribution in [0.2, 0.25) is 0 Å². The van der Waals surface area contributed by atoms with E-state index in [1.807, 2.05) is 39.1 Å². The minimum absolute atomic E-state index is 0.103. The zero-order chi connectivity index (χ0) is 22.4. The molecule has 1 N–H and O–H groups in total. The highest BCUT2D eigenvalue weighted by Crippen LogP contribution is 2.35. The van der Waals surface area contributed by atoms with Crippen molar-refractivity contribution >= 4 is 11.7 Å². The van der Waals surface area contributed by atoms with Crippen molar-refractivity contribution in [2.45, 2.75) is 64.7 Å². The molecule has 7 heteroatoms. The van der Waals surface area contributed by atoms with Gasteiger partial charge in [0.25, 0.3) is 0 Å². The lowest BCUT2D eigenvalue weighted by molar-refractivity contribution is -0.0859. The first-order valence-electron chi connectivity index (χ1n) is 10.7. The lowest BCUT2D eigenvalue weighted by Crippen LogP contribution is -2.51. The van der Waals surface area contributed by atoms with Crippen molar-refractivity contribution in [1.29, 1.82) is 0 Å². The lowest BCUT2D eigenvalue weighted by Gasteiger charge is -2.43. The van der Waals surface area contributed by atoms with Gasteiger partial charge >= 0.3 is 6.09 Å². The number of carbonyl (C=O) groups is 1. The number of aromatic nitrogens is 3. The second-order valence-electron chi connectivity index (χ2n) is 9.43. The van der Waals surface area contributed by atoms with Gasteiger partial charge in [-0.2, -0.15) is 5.10 Å². The van der Waals surface area contributed by atoms with Crippen LogP contribution in [0, 0.1) is 6.92 Å². The summed E-state index contributed by atoms with van der Waals surface area (Å²) < 4.78 is 7.54. The van der Waals surface area contributed by atoms with Crippen LogP contribution in [0.5, 0.6) is 0 Å². The summed E-state index contributed by atoms with van der Waals surface area (Å²) in [5.41, 5.74) is 2.47.